The lowest BCUT2D eigenvalue weighted by molar-refractivity contribution is -0.114. The van der Waals surface area contributed by atoms with E-state index >= 15 is 0 Å². The molecule has 5 heteroatoms. The number of carbonyl (C=O) groups is 1. The van der Waals surface area contributed by atoms with Crippen molar-refractivity contribution in [2.45, 2.75) is 39.7 Å². The highest BCUT2D eigenvalue weighted by atomic mass is 16.5. The molecule has 0 aromatic heterocycles. The van der Waals surface area contributed by atoms with Crippen molar-refractivity contribution in [3.8, 4) is 11.5 Å². The minimum atomic E-state index is -0.120. The largest absolute Gasteiger partial charge is 0.494 e. The lowest BCUT2D eigenvalue weighted by Crippen LogP contribution is -2.21. The Morgan fingerprint density at radius 2 is 1.73 bits per heavy atom. The van der Waals surface area contributed by atoms with Gasteiger partial charge in [0.2, 0.25) is 5.91 Å². The van der Waals surface area contributed by atoms with Gasteiger partial charge in [0.1, 0.15) is 11.5 Å². The molecule has 1 amide bonds. The van der Waals surface area contributed by atoms with Crippen LogP contribution in [-0.4, -0.2) is 25.2 Å². The van der Waals surface area contributed by atoms with E-state index in [2.05, 4.69) is 17.6 Å². The first kappa shape index (κ1) is 19.6. The molecule has 0 aliphatic carbocycles. The van der Waals surface area contributed by atoms with Crippen LogP contribution in [0.1, 0.15) is 33.6 Å². The van der Waals surface area contributed by atoms with Crippen molar-refractivity contribution >= 4 is 17.3 Å². The summed E-state index contributed by atoms with van der Waals surface area (Å²) in [6.07, 6.45) is 2.21. The third-order valence-corrected chi connectivity index (χ3v) is 3.54. The number of carbonyl (C=O) groups excluding carboxylic acids is 1. The van der Waals surface area contributed by atoms with Crippen LogP contribution in [0.3, 0.4) is 0 Å². The Morgan fingerprint density at radius 3 is 2.46 bits per heavy atom. The molecule has 0 saturated heterocycles. The van der Waals surface area contributed by atoms with Gasteiger partial charge in [0, 0.05) is 23.5 Å². The second-order valence-electron chi connectivity index (χ2n) is 6.33. The van der Waals surface area contributed by atoms with Gasteiger partial charge in [-0.2, -0.15) is 0 Å². The number of unbranched alkanes of at least 4 members (excludes halogenated alkanes) is 1. The number of benzene rings is 2. The van der Waals surface area contributed by atoms with E-state index in [1.54, 1.807) is 0 Å². The third-order valence-electron chi connectivity index (χ3n) is 3.54. The molecule has 0 aliphatic heterocycles. The summed E-state index contributed by atoms with van der Waals surface area (Å²) in [5.74, 6) is 1.43. The van der Waals surface area contributed by atoms with E-state index in [9.17, 15) is 4.79 Å². The molecule has 0 aliphatic rings. The summed E-state index contributed by atoms with van der Waals surface area (Å²) in [7, 11) is 0. The predicted molar refractivity (Wildman–Crippen MR) is 106 cm³/mol. The average molecular weight is 356 g/mol. The smallest absolute Gasteiger partial charge is 0.243 e. The van der Waals surface area contributed by atoms with Crippen LogP contribution >= 0.6 is 0 Å². The zero-order valence-electron chi connectivity index (χ0n) is 15.7. The molecule has 5 nitrogen and oxygen atoms in total. The van der Waals surface area contributed by atoms with Gasteiger partial charge < -0.3 is 20.1 Å². The number of ether oxygens (including phenoxy) is 2. The number of nitrogens with one attached hydrogen (secondary N) is 2. The van der Waals surface area contributed by atoms with Crippen LogP contribution in [0.5, 0.6) is 11.5 Å². The number of amides is 1. The Hall–Kier alpha value is -2.69. The standard InChI is InChI=1S/C21H28N2O3/c1-4-5-12-25-19-10-7-9-18(14-19)23-21(24)15-22-17-8-6-11-20(13-17)26-16(2)3/h6-11,13-14,16,22H,4-5,12,15H2,1-3H3,(H,23,24). The van der Waals surface area contributed by atoms with Crippen LogP contribution in [0.2, 0.25) is 0 Å². The maximum absolute atomic E-state index is 12.2. The van der Waals surface area contributed by atoms with E-state index in [1.165, 1.54) is 0 Å². The molecule has 0 fully saturated rings. The van der Waals surface area contributed by atoms with Gasteiger partial charge in [0.25, 0.3) is 0 Å². The lowest BCUT2D eigenvalue weighted by atomic mass is 10.3. The fraction of sp³-hybridized carbons (Fsp3) is 0.381. The fourth-order valence-corrected chi connectivity index (χ4v) is 2.34. The number of hydrogen-bond donors (Lipinski definition) is 2. The Balaban J connectivity index is 1.84. The molecule has 0 saturated carbocycles. The van der Waals surface area contributed by atoms with E-state index in [4.69, 9.17) is 9.47 Å². The van der Waals surface area contributed by atoms with Crippen LogP contribution in [0.25, 0.3) is 0 Å². The first-order chi connectivity index (χ1) is 12.6. The Kier molecular flexibility index (Phi) is 7.80. The minimum absolute atomic E-state index is 0.111. The Labute approximate surface area is 155 Å². The van der Waals surface area contributed by atoms with Crippen LogP contribution in [0, 0.1) is 0 Å². The van der Waals surface area contributed by atoms with Crippen LogP contribution in [0.4, 0.5) is 11.4 Å². The van der Waals surface area contributed by atoms with Gasteiger partial charge in [0.15, 0.2) is 0 Å². The summed E-state index contributed by atoms with van der Waals surface area (Å²) >= 11 is 0. The number of rotatable bonds is 10. The van der Waals surface area contributed by atoms with Crippen LogP contribution < -0.4 is 20.1 Å². The predicted octanol–water partition coefficient (Wildman–Crippen LogP) is 4.70. The summed E-state index contributed by atoms with van der Waals surface area (Å²) in [5, 5.41) is 5.99. The van der Waals surface area contributed by atoms with E-state index < -0.39 is 0 Å². The molecule has 2 N–H and O–H groups in total. The molecule has 26 heavy (non-hydrogen) atoms. The van der Waals surface area contributed by atoms with Crippen molar-refractivity contribution in [1.82, 2.24) is 0 Å². The zero-order chi connectivity index (χ0) is 18.8. The molecule has 0 radical (unpaired) electrons. The molecule has 0 bridgehead atoms. The van der Waals surface area contributed by atoms with Gasteiger partial charge in [-0.15, -0.1) is 0 Å². The quantitative estimate of drug-likeness (QED) is 0.606. The summed E-state index contributed by atoms with van der Waals surface area (Å²) in [4.78, 5) is 12.2. The zero-order valence-corrected chi connectivity index (χ0v) is 15.7. The summed E-state index contributed by atoms with van der Waals surface area (Å²) in [5.41, 5.74) is 1.57. The van der Waals surface area contributed by atoms with Crippen molar-refractivity contribution in [3.05, 3.63) is 48.5 Å². The van der Waals surface area contributed by atoms with E-state index in [-0.39, 0.29) is 18.6 Å². The summed E-state index contributed by atoms with van der Waals surface area (Å²) in [6.45, 7) is 6.94. The van der Waals surface area contributed by atoms with Crippen molar-refractivity contribution in [2.75, 3.05) is 23.8 Å². The second-order valence-corrected chi connectivity index (χ2v) is 6.33. The van der Waals surface area contributed by atoms with E-state index in [0.717, 1.165) is 35.7 Å². The molecule has 0 unspecified atom stereocenters. The van der Waals surface area contributed by atoms with Gasteiger partial charge >= 0.3 is 0 Å². The summed E-state index contributed by atoms with van der Waals surface area (Å²) in [6, 6.07) is 15.0. The highest BCUT2D eigenvalue weighted by molar-refractivity contribution is 5.93. The maximum atomic E-state index is 12.2. The molecule has 0 atom stereocenters. The van der Waals surface area contributed by atoms with Gasteiger partial charge in [-0.25, -0.2) is 0 Å². The monoisotopic (exact) mass is 356 g/mol. The van der Waals surface area contributed by atoms with E-state index in [1.807, 2.05) is 62.4 Å². The molecule has 2 aromatic carbocycles. The highest BCUT2D eigenvalue weighted by Gasteiger charge is 2.05. The van der Waals surface area contributed by atoms with Crippen molar-refractivity contribution in [2.24, 2.45) is 0 Å². The van der Waals surface area contributed by atoms with Crippen molar-refractivity contribution in [3.63, 3.8) is 0 Å². The van der Waals surface area contributed by atoms with Gasteiger partial charge in [-0.3, -0.25) is 4.79 Å². The topological polar surface area (TPSA) is 59.6 Å². The fourth-order valence-electron chi connectivity index (χ4n) is 2.34. The third kappa shape index (κ3) is 7.05. The molecular weight excluding hydrogens is 328 g/mol. The molecule has 140 valence electrons. The van der Waals surface area contributed by atoms with Crippen molar-refractivity contribution < 1.29 is 14.3 Å². The Bertz CT molecular complexity index is 701. The van der Waals surface area contributed by atoms with Crippen molar-refractivity contribution in [1.29, 1.82) is 0 Å². The van der Waals surface area contributed by atoms with Gasteiger partial charge in [-0.1, -0.05) is 25.5 Å². The van der Waals surface area contributed by atoms with E-state index in [0.29, 0.717) is 6.61 Å². The number of hydrogen-bond acceptors (Lipinski definition) is 4. The molecular formula is C21H28N2O3. The number of anilines is 2. The van der Waals surface area contributed by atoms with Gasteiger partial charge in [0.05, 0.1) is 19.3 Å². The summed E-state index contributed by atoms with van der Waals surface area (Å²) < 4.78 is 11.3. The molecule has 0 spiro atoms. The molecule has 0 heterocycles. The first-order valence-corrected chi connectivity index (χ1v) is 9.10. The Morgan fingerprint density at radius 1 is 1.04 bits per heavy atom. The first-order valence-electron chi connectivity index (χ1n) is 9.10. The van der Waals surface area contributed by atoms with Crippen LogP contribution in [-0.2, 0) is 4.79 Å². The lowest BCUT2D eigenvalue weighted by Gasteiger charge is -2.12. The molecule has 2 aromatic rings. The molecule has 2 rings (SSSR count). The SMILES string of the molecule is CCCCOc1cccc(NC(=O)CNc2cccc(OC(C)C)c2)c1. The normalized spacial score (nSPS) is 10.5. The highest BCUT2D eigenvalue weighted by Crippen LogP contribution is 2.19. The second kappa shape index (κ2) is 10.3. The average Bonchev–Trinajstić information content (AvgIpc) is 2.60. The maximum Gasteiger partial charge on any atom is 0.243 e. The minimum Gasteiger partial charge on any atom is -0.494 e. The van der Waals surface area contributed by atoms with Crippen LogP contribution in [0.15, 0.2) is 48.5 Å². The van der Waals surface area contributed by atoms with Gasteiger partial charge in [-0.05, 0) is 44.5 Å².